The highest BCUT2D eigenvalue weighted by molar-refractivity contribution is 7.86. The molecule has 1 aliphatic carbocycles. The molecular weight excluding hydrogens is 250 g/mol. The van der Waals surface area contributed by atoms with Gasteiger partial charge in [0.2, 0.25) is 0 Å². The average molecular weight is 269 g/mol. The van der Waals surface area contributed by atoms with Crippen LogP contribution in [0.15, 0.2) is 29.2 Å². The maximum absolute atomic E-state index is 12.1. The molecule has 100 valence electrons. The highest BCUT2D eigenvalue weighted by Crippen LogP contribution is 2.24. The Labute approximate surface area is 108 Å². The van der Waals surface area contributed by atoms with Gasteiger partial charge in [-0.15, -0.1) is 0 Å². The zero-order valence-corrected chi connectivity index (χ0v) is 11.3. The number of benzene rings is 1. The summed E-state index contributed by atoms with van der Waals surface area (Å²) in [4.78, 5) is 0.215. The van der Waals surface area contributed by atoms with E-state index in [4.69, 9.17) is 9.92 Å². The average Bonchev–Trinajstić information content (AvgIpc) is 2.29. The molecule has 1 fully saturated rings. The van der Waals surface area contributed by atoms with Crippen LogP contribution in [0.4, 0.5) is 0 Å². The molecule has 0 radical (unpaired) electrons. The first-order valence-corrected chi connectivity index (χ1v) is 7.64. The molecule has 18 heavy (non-hydrogen) atoms. The van der Waals surface area contributed by atoms with Gasteiger partial charge in [-0.25, -0.2) is 0 Å². The fourth-order valence-electron chi connectivity index (χ4n) is 2.21. The summed E-state index contributed by atoms with van der Waals surface area (Å²) in [7, 11) is -3.66. The molecule has 5 heteroatoms. The van der Waals surface area contributed by atoms with E-state index in [-0.39, 0.29) is 17.0 Å². The Hall–Kier alpha value is -0.910. The Morgan fingerprint density at radius 1 is 1.22 bits per heavy atom. The third-order valence-electron chi connectivity index (χ3n) is 3.24. The van der Waals surface area contributed by atoms with E-state index in [2.05, 4.69) is 0 Å². The first-order valence-electron chi connectivity index (χ1n) is 6.23. The van der Waals surface area contributed by atoms with E-state index in [1.54, 1.807) is 24.3 Å². The molecule has 0 amide bonds. The Kier molecular flexibility index (Phi) is 4.04. The molecule has 0 spiro atoms. The highest BCUT2D eigenvalue weighted by Gasteiger charge is 2.26. The number of nitrogens with two attached hydrogens (primary N) is 1. The first kappa shape index (κ1) is 13.5. The topological polar surface area (TPSA) is 69.4 Å². The second-order valence-electron chi connectivity index (χ2n) is 4.91. The number of hydrogen-bond donors (Lipinski definition) is 1. The maximum Gasteiger partial charge on any atom is 0.297 e. The van der Waals surface area contributed by atoms with Gasteiger partial charge in [-0.3, -0.25) is 4.18 Å². The molecule has 0 bridgehead atoms. The summed E-state index contributed by atoms with van der Waals surface area (Å²) in [6.07, 6.45) is 2.98. The Bertz CT molecular complexity index is 495. The summed E-state index contributed by atoms with van der Waals surface area (Å²) < 4.78 is 29.4. The van der Waals surface area contributed by atoms with Crippen molar-refractivity contribution in [2.75, 3.05) is 0 Å². The molecule has 0 aromatic heterocycles. The summed E-state index contributed by atoms with van der Waals surface area (Å²) >= 11 is 0. The fourth-order valence-corrected chi connectivity index (χ4v) is 3.32. The third-order valence-corrected chi connectivity index (χ3v) is 4.61. The maximum atomic E-state index is 12.1. The van der Waals surface area contributed by atoms with E-state index >= 15 is 0 Å². The van der Waals surface area contributed by atoms with Crippen LogP contribution in [0.5, 0.6) is 0 Å². The molecule has 0 saturated heterocycles. The van der Waals surface area contributed by atoms with Crippen molar-refractivity contribution in [1.29, 1.82) is 0 Å². The second kappa shape index (κ2) is 5.38. The van der Waals surface area contributed by atoms with Gasteiger partial charge < -0.3 is 5.73 Å². The molecule has 2 atom stereocenters. The van der Waals surface area contributed by atoms with E-state index in [0.717, 1.165) is 24.8 Å². The molecule has 0 aliphatic heterocycles. The molecule has 4 nitrogen and oxygen atoms in total. The van der Waals surface area contributed by atoms with Crippen LogP contribution in [0, 0.1) is 6.92 Å². The molecular formula is C13H19NO3S. The van der Waals surface area contributed by atoms with E-state index in [1.165, 1.54) is 0 Å². The van der Waals surface area contributed by atoms with Gasteiger partial charge in [0, 0.05) is 6.04 Å². The Morgan fingerprint density at radius 2 is 1.89 bits per heavy atom. The molecule has 0 heterocycles. The lowest BCUT2D eigenvalue weighted by Gasteiger charge is -2.26. The van der Waals surface area contributed by atoms with Gasteiger partial charge in [0.25, 0.3) is 10.1 Å². The van der Waals surface area contributed by atoms with Gasteiger partial charge in [0.15, 0.2) is 0 Å². The smallest absolute Gasteiger partial charge is 0.297 e. The van der Waals surface area contributed by atoms with E-state index in [1.807, 2.05) is 6.92 Å². The van der Waals surface area contributed by atoms with E-state index in [0.29, 0.717) is 6.42 Å². The molecule has 1 aromatic carbocycles. The number of rotatable bonds is 3. The van der Waals surface area contributed by atoms with Crippen molar-refractivity contribution in [3.63, 3.8) is 0 Å². The van der Waals surface area contributed by atoms with Crippen LogP contribution in [0.2, 0.25) is 0 Å². The number of hydrogen-bond acceptors (Lipinski definition) is 4. The van der Waals surface area contributed by atoms with Gasteiger partial charge in [0.05, 0.1) is 11.0 Å². The summed E-state index contributed by atoms with van der Waals surface area (Å²) in [6, 6.07) is 6.74. The molecule has 1 aromatic rings. The van der Waals surface area contributed by atoms with Crippen molar-refractivity contribution in [2.24, 2.45) is 5.73 Å². The fraction of sp³-hybridized carbons (Fsp3) is 0.538. The SMILES string of the molecule is Cc1ccc(S(=O)(=O)O[C@@H]2CCC[C@@H](N)C2)cc1. The van der Waals surface area contributed by atoms with Crippen molar-refractivity contribution in [1.82, 2.24) is 0 Å². The van der Waals surface area contributed by atoms with Gasteiger partial charge in [-0.1, -0.05) is 17.7 Å². The van der Waals surface area contributed by atoms with Crippen LogP contribution in [0.25, 0.3) is 0 Å². The quantitative estimate of drug-likeness (QED) is 0.852. The van der Waals surface area contributed by atoms with Gasteiger partial charge in [-0.05, 0) is 44.7 Å². The summed E-state index contributed by atoms with van der Waals surface area (Å²) in [6.45, 7) is 1.91. The first-order chi connectivity index (χ1) is 8.47. The number of aryl methyl sites for hydroxylation is 1. The normalized spacial score (nSPS) is 25.0. The van der Waals surface area contributed by atoms with Crippen LogP contribution in [0.1, 0.15) is 31.2 Å². The predicted molar refractivity (Wildman–Crippen MR) is 69.7 cm³/mol. The summed E-state index contributed by atoms with van der Waals surface area (Å²) in [5, 5.41) is 0. The van der Waals surface area contributed by atoms with E-state index < -0.39 is 10.1 Å². The standard InChI is InChI=1S/C13H19NO3S/c1-10-5-7-13(8-6-10)18(15,16)17-12-4-2-3-11(14)9-12/h5-8,11-12H,2-4,9,14H2,1H3/t11-,12-/m1/s1. The van der Waals surface area contributed by atoms with Crippen molar-refractivity contribution < 1.29 is 12.6 Å². The van der Waals surface area contributed by atoms with Crippen LogP contribution in [-0.4, -0.2) is 20.6 Å². The van der Waals surface area contributed by atoms with Crippen LogP contribution in [0.3, 0.4) is 0 Å². The molecule has 1 saturated carbocycles. The Morgan fingerprint density at radius 3 is 2.50 bits per heavy atom. The largest absolute Gasteiger partial charge is 0.328 e. The molecule has 1 aliphatic rings. The zero-order valence-electron chi connectivity index (χ0n) is 10.5. The molecule has 2 rings (SSSR count). The predicted octanol–water partition coefficient (Wildman–Crippen LogP) is 1.97. The highest BCUT2D eigenvalue weighted by atomic mass is 32.2. The second-order valence-corrected chi connectivity index (χ2v) is 6.48. The van der Waals surface area contributed by atoms with Crippen molar-refractivity contribution in [3.8, 4) is 0 Å². The van der Waals surface area contributed by atoms with Gasteiger partial charge >= 0.3 is 0 Å². The van der Waals surface area contributed by atoms with Crippen LogP contribution in [-0.2, 0) is 14.3 Å². The summed E-state index contributed by atoms with van der Waals surface area (Å²) in [5.74, 6) is 0. The molecule has 2 N–H and O–H groups in total. The van der Waals surface area contributed by atoms with Crippen molar-refractivity contribution in [2.45, 2.75) is 49.6 Å². The zero-order chi connectivity index (χ0) is 13.2. The minimum Gasteiger partial charge on any atom is -0.328 e. The minimum atomic E-state index is -3.66. The van der Waals surface area contributed by atoms with Crippen LogP contribution >= 0.6 is 0 Å². The lowest BCUT2D eigenvalue weighted by atomic mass is 9.94. The van der Waals surface area contributed by atoms with Crippen molar-refractivity contribution in [3.05, 3.63) is 29.8 Å². The van der Waals surface area contributed by atoms with Crippen LogP contribution < -0.4 is 5.73 Å². The lowest BCUT2D eigenvalue weighted by Crippen LogP contribution is -2.33. The monoisotopic (exact) mass is 269 g/mol. The van der Waals surface area contributed by atoms with Gasteiger partial charge in [-0.2, -0.15) is 8.42 Å². The minimum absolute atomic E-state index is 0.0527. The Balaban J connectivity index is 2.09. The van der Waals surface area contributed by atoms with Crippen molar-refractivity contribution >= 4 is 10.1 Å². The lowest BCUT2D eigenvalue weighted by molar-refractivity contribution is 0.151. The van der Waals surface area contributed by atoms with Gasteiger partial charge in [0.1, 0.15) is 0 Å². The third kappa shape index (κ3) is 3.31. The molecule has 0 unspecified atom stereocenters. The van der Waals surface area contributed by atoms with E-state index in [9.17, 15) is 8.42 Å². The summed E-state index contributed by atoms with van der Waals surface area (Å²) in [5.41, 5.74) is 6.85.